The molecule has 1 aliphatic rings. The number of hydrogen-bond acceptors (Lipinski definition) is 5. The molecule has 0 spiro atoms. The molecule has 1 heterocycles. The third-order valence-corrected chi connectivity index (χ3v) is 6.58. The topological polar surface area (TPSA) is 84.9 Å². The van der Waals surface area contributed by atoms with Crippen LogP contribution in [0.25, 0.3) is 0 Å². The predicted octanol–water partition coefficient (Wildman–Crippen LogP) is 1.90. The molecule has 1 atom stereocenters. The third-order valence-electron chi connectivity index (χ3n) is 4.39. The molecule has 0 saturated carbocycles. The Hall–Kier alpha value is -1.35. The summed E-state index contributed by atoms with van der Waals surface area (Å²) in [7, 11) is -0.597. The number of carbonyl (C=O) groups is 1. The van der Waals surface area contributed by atoms with Crippen molar-refractivity contribution in [2.45, 2.75) is 30.7 Å². The summed E-state index contributed by atoms with van der Waals surface area (Å²) in [6.45, 7) is 2.90. The Morgan fingerprint density at radius 2 is 2.00 bits per heavy atom. The van der Waals surface area contributed by atoms with Crippen LogP contribution in [-0.4, -0.2) is 58.6 Å². The Morgan fingerprint density at radius 3 is 2.54 bits per heavy atom. The maximum Gasteiger partial charge on any atom is 0.243 e. The molecular formula is C17H25ClN2O5S. The number of nitrogens with one attached hydrogen (secondary N) is 1. The summed E-state index contributed by atoms with van der Waals surface area (Å²) in [4.78, 5) is 12.4. The van der Waals surface area contributed by atoms with Gasteiger partial charge in [-0.25, -0.2) is 8.42 Å². The zero-order valence-electron chi connectivity index (χ0n) is 15.2. The van der Waals surface area contributed by atoms with Gasteiger partial charge in [-0.05, 0) is 38.0 Å². The lowest BCUT2D eigenvalue weighted by molar-refractivity contribution is -0.127. The highest BCUT2D eigenvalue weighted by molar-refractivity contribution is 7.89. The van der Waals surface area contributed by atoms with Gasteiger partial charge in [-0.3, -0.25) is 4.79 Å². The van der Waals surface area contributed by atoms with Crippen LogP contribution in [-0.2, 0) is 19.6 Å². The average molecular weight is 405 g/mol. The van der Waals surface area contributed by atoms with Crippen molar-refractivity contribution in [3.05, 3.63) is 23.2 Å². The van der Waals surface area contributed by atoms with Crippen molar-refractivity contribution >= 4 is 27.5 Å². The lowest BCUT2D eigenvalue weighted by Crippen LogP contribution is -2.45. The highest BCUT2D eigenvalue weighted by atomic mass is 35.5. The number of hydrogen-bond donors (Lipinski definition) is 1. The molecular weight excluding hydrogens is 380 g/mol. The molecule has 146 valence electrons. The fraction of sp³-hybridized carbons (Fsp3) is 0.588. The number of methoxy groups -OCH3 is 2. The van der Waals surface area contributed by atoms with E-state index in [-0.39, 0.29) is 27.8 Å². The minimum atomic E-state index is -3.65. The van der Waals surface area contributed by atoms with Crippen molar-refractivity contribution in [1.82, 2.24) is 9.62 Å². The Kier molecular flexibility index (Phi) is 7.28. The Bertz CT molecular complexity index is 733. The molecule has 1 aromatic carbocycles. The van der Waals surface area contributed by atoms with E-state index in [0.29, 0.717) is 38.3 Å². The van der Waals surface area contributed by atoms with E-state index in [2.05, 4.69) is 5.32 Å². The molecule has 0 aliphatic carbocycles. The van der Waals surface area contributed by atoms with Crippen LogP contribution in [0.3, 0.4) is 0 Å². The predicted molar refractivity (Wildman–Crippen MR) is 99.0 cm³/mol. The first-order valence-electron chi connectivity index (χ1n) is 8.42. The quantitative estimate of drug-likeness (QED) is 0.750. The molecule has 0 bridgehead atoms. The number of sulfonamides is 1. The minimum absolute atomic E-state index is 0.0564. The van der Waals surface area contributed by atoms with Crippen molar-refractivity contribution in [3.8, 4) is 5.75 Å². The monoisotopic (exact) mass is 404 g/mol. The zero-order valence-corrected chi connectivity index (χ0v) is 16.8. The van der Waals surface area contributed by atoms with Gasteiger partial charge in [0.25, 0.3) is 0 Å². The molecule has 2 rings (SSSR count). The van der Waals surface area contributed by atoms with E-state index in [0.717, 1.165) is 0 Å². The van der Waals surface area contributed by atoms with Gasteiger partial charge < -0.3 is 14.8 Å². The number of benzene rings is 1. The molecule has 9 heteroatoms. The molecule has 0 radical (unpaired) electrons. The lowest BCUT2D eigenvalue weighted by atomic mass is 9.97. The summed E-state index contributed by atoms with van der Waals surface area (Å²) in [5.41, 5.74) is 0. The number of piperidine rings is 1. The number of ether oxygens (including phenoxy) is 2. The van der Waals surface area contributed by atoms with Gasteiger partial charge in [-0.2, -0.15) is 4.31 Å². The van der Waals surface area contributed by atoms with Crippen molar-refractivity contribution < 1.29 is 22.7 Å². The third kappa shape index (κ3) is 4.88. The van der Waals surface area contributed by atoms with E-state index in [9.17, 15) is 13.2 Å². The van der Waals surface area contributed by atoms with Gasteiger partial charge >= 0.3 is 0 Å². The molecule has 1 fully saturated rings. The largest absolute Gasteiger partial charge is 0.495 e. The normalized spacial score (nSPS) is 17.7. The first-order chi connectivity index (χ1) is 12.3. The number of amides is 1. The number of rotatable bonds is 7. The van der Waals surface area contributed by atoms with Gasteiger partial charge in [0.05, 0.1) is 23.6 Å². The first kappa shape index (κ1) is 21.0. The molecule has 1 N–H and O–H groups in total. The van der Waals surface area contributed by atoms with Crippen LogP contribution in [0.15, 0.2) is 23.1 Å². The standard InChI is InChI=1S/C17H25ClN2O5S/c1-12(11-24-2)19-17(21)13-6-8-20(9-7-13)26(22,23)14-4-5-16(25-3)15(18)10-14/h4-5,10,12-13H,6-9,11H2,1-3H3,(H,19,21). The maximum absolute atomic E-state index is 12.8. The van der Waals surface area contributed by atoms with E-state index in [1.165, 1.54) is 29.6 Å². The number of carbonyl (C=O) groups excluding carboxylic acids is 1. The fourth-order valence-corrected chi connectivity index (χ4v) is 4.79. The van der Waals surface area contributed by atoms with Crippen LogP contribution in [0.5, 0.6) is 5.75 Å². The van der Waals surface area contributed by atoms with Gasteiger partial charge in [0, 0.05) is 32.2 Å². The van der Waals surface area contributed by atoms with Crippen LogP contribution >= 0.6 is 11.6 Å². The van der Waals surface area contributed by atoms with Gasteiger partial charge in [0.2, 0.25) is 15.9 Å². The van der Waals surface area contributed by atoms with E-state index in [1.54, 1.807) is 7.11 Å². The van der Waals surface area contributed by atoms with Crippen LogP contribution in [0.1, 0.15) is 19.8 Å². The van der Waals surface area contributed by atoms with E-state index in [1.807, 2.05) is 6.92 Å². The van der Waals surface area contributed by atoms with Crippen molar-refractivity contribution in [1.29, 1.82) is 0 Å². The summed E-state index contributed by atoms with van der Waals surface area (Å²) in [6.07, 6.45) is 0.962. The molecule has 0 aromatic heterocycles. The summed E-state index contributed by atoms with van der Waals surface area (Å²) < 4.78 is 37.0. The van der Waals surface area contributed by atoms with Gasteiger partial charge in [-0.15, -0.1) is 0 Å². The average Bonchev–Trinajstić information content (AvgIpc) is 2.61. The van der Waals surface area contributed by atoms with Crippen molar-refractivity contribution in [2.75, 3.05) is 33.9 Å². The SMILES string of the molecule is COCC(C)NC(=O)C1CCN(S(=O)(=O)c2ccc(OC)c(Cl)c2)CC1. The van der Waals surface area contributed by atoms with E-state index < -0.39 is 10.0 Å². The Balaban J connectivity index is 2.00. The van der Waals surface area contributed by atoms with Gasteiger partial charge in [0.1, 0.15) is 5.75 Å². The molecule has 1 aliphatic heterocycles. The summed E-state index contributed by atoms with van der Waals surface area (Å²) >= 11 is 6.04. The first-order valence-corrected chi connectivity index (χ1v) is 10.2. The minimum Gasteiger partial charge on any atom is -0.495 e. The maximum atomic E-state index is 12.8. The van der Waals surface area contributed by atoms with Crippen molar-refractivity contribution in [3.63, 3.8) is 0 Å². The number of nitrogens with zero attached hydrogens (tertiary/aromatic N) is 1. The summed E-state index contributed by atoms with van der Waals surface area (Å²) in [5, 5.41) is 3.14. The molecule has 26 heavy (non-hydrogen) atoms. The molecule has 1 saturated heterocycles. The second-order valence-electron chi connectivity index (χ2n) is 6.34. The highest BCUT2D eigenvalue weighted by Crippen LogP contribution is 2.30. The van der Waals surface area contributed by atoms with Crippen LogP contribution < -0.4 is 10.1 Å². The molecule has 7 nitrogen and oxygen atoms in total. The molecule has 1 aromatic rings. The van der Waals surface area contributed by atoms with Gasteiger partial charge in [0.15, 0.2) is 0 Å². The highest BCUT2D eigenvalue weighted by Gasteiger charge is 2.32. The lowest BCUT2D eigenvalue weighted by Gasteiger charge is -2.31. The summed E-state index contributed by atoms with van der Waals surface area (Å²) in [6, 6.07) is 4.33. The Morgan fingerprint density at radius 1 is 1.35 bits per heavy atom. The van der Waals surface area contributed by atoms with E-state index >= 15 is 0 Å². The van der Waals surface area contributed by atoms with Crippen LogP contribution in [0.2, 0.25) is 5.02 Å². The van der Waals surface area contributed by atoms with Crippen LogP contribution in [0.4, 0.5) is 0 Å². The van der Waals surface area contributed by atoms with Crippen LogP contribution in [0, 0.1) is 5.92 Å². The van der Waals surface area contributed by atoms with E-state index in [4.69, 9.17) is 21.1 Å². The zero-order chi connectivity index (χ0) is 19.3. The van der Waals surface area contributed by atoms with Gasteiger partial charge in [-0.1, -0.05) is 11.6 Å². The Labute approximate surface area is 159 Å². The second kappa shape index (κ2) is 9.03. The smallest absolute Gasteiger partial charge is 0.243 e. The second-order valence-corrected chi connectivity index (χ2v) is 8.68. The van der Waals surface area contributed by atoms with Crippen molar-refractivity contribution in [2.24, 2.45) is 5.92 Å². The fourth-order valence-electron chi connectivity index (χ4n) is 2.97. The number of halogens is 1. The molecule has 1 unspecified atom stereocenters. The molecule has 1 amide bonds. The summed E-state index contributed by atoms with van der Waals surface area (Å²) in [5.74, 6) is 0.172.